The van der Waals surface area contributed by atoms with Gasteiger partial charge in [0.1, 0.15) is 11.6 Å². The van der Waals surface area contributed by atoms with Crippen molar-refractivity contribution in [3.8, 4) is 0 Å². The number of hydrogen-bond donors (Lipinski definition) is 1. The summed E-state index contributed by atoms with van der Waals surface area (Å²) in [5, 5.41) is 14.1. The fourth-order valence-electron chi connectivity index (χ4n) is 1.97. The summed E-state index contributed by atoms with van der Waals surface area (Å²) in [5.74, 6) is -1.29. The molecule has 0 saturated carbocycles. The Hall–Kier alpha value is -1.75. The number of halogens is 2. The Labute approximate surface area is 104 Å². The number of benzene rings is 1. The van der Waals surface area contributed by atoms with Crippen LogP contribution in [-0.2, 0) is 13.5 Å². The van der Waals surface area contributed by atoms with E-state index in [1.807, 2.05) is 0 Å². The number of rotatable bonds is 3. The molecule has 1 atom stereocenters. The molecule has 0 bridgehead atoms. The van der Waals surface area contributed by atoms with Gasteiger partial charge in [0.15, 0.2) is 0 Å². The Morgan fingerprint density at radius 3 is 2.44 bits per heavy atom. The molecule has 1 N–H and O–H groups in total. The number of hydrogen-bond acceptors (Lipinski definition) is 2. The molecule has 1 heterocycles. The first-order valence-corrected chi connectivity index (χ1v) is 5.60. The topological polar surface area (TPSA) is 38.0 Å². The Morgan fingerprint density at radius 1 is 1.33 bits per heavy atom. The number of aliphatic hydroxyl groups excluding tert-OH is 1. The van der Waals surface area contributed by atoms with E-state index >= 15 is 0 Å². The van der Waals surface area contributed by atoms with Crippen LogP contribution in [0.15, 0.2) is 24.3 Å². The Bertz CT molecular complexity index is 546. The van der Waals surface area contributed by atoms with E-state index in [-0.39, 0.29) is 12.0 Å². The molecular formula is C13H14F2N2O. The van der Waals surface area contributed by atoms with Crippen LogP contribution < -0.4 is 0 Å². The van der Waals surface area contributed by atoms with Crippen LogP contribution in [0, 0.1) is 18.6 Å². The van der Waals surface area contributed by atoms with Gasteiger partial charge in [0.05, 0.1) is 17.5 Å². The lowest BCUT2D eigenvalue weighted by Gasteiger charge is -2.12. The maximum atomic E-state index is 13.5. The van der Waals surface area contributed by atoms with E-state index in [9.17, 15) is 13.9 Å². The first-order valence-electron chi connectivity index (χ1n) is 5.60. The second-order valence-corrected chi connectivity index (χ2v) is 4.25. The molecule has 3 nitrogen and oxygen atoms in total. The molecule has 2 aromatic rings. The minimum atomic E-state index is -0.984. The fraction of sp³-hybridized carbons (Fsp3) is 0.308. The quantitative estimate of drug-likeness (QED) is 0.910. The lowest BCUT2D eigenvalue weighted by Crippen LogP contribution is -2.10. The molecule has 0 radical (unpaired) electrons. The van der Waals surface area contributed by atoms with Crippen LogP contribution in [-0.4, -0.2) is 14.9 Å². The van der Waals surface area contributed by atoms with Crippen molar-refractivity contribution in [3.05, 3.63) is 52.9 Å². The van der Waals surface area contributed by atoms with Crippen molar-refractivity contribution in [2.75, 3.05) is 0 Å². The third-order valence-electron chi connectivity index (χ3n) is 2.84. The van der Waals surface area contributed by atoms with Crippen molar-refractivity contribution >= 4 is 0 Å². The Kier molecular flexibility index (Phi) is 3.43. The van der Waals surface area contributed by atoms with Gasteiger partial charge in [0, 0.05) is 19.0 Å². The lowest BCUT2D eigenvalue weighted by molar-refractivity contribution is 0.166. The van der Waals surface area contributed by atoms with Crippen molar-refractivity contribution in [2.45, 2.75) is 19.4 Å². The van der Waals surface area contributed by atoms with E-state index in [0.717, 1.165) is 5.69 Å². The molecule has 2 rings (SSSR count). The predicted octanol–water partition coefficient (Wildman–Crippen LogP) is 2.28. The molecule has 96 valence electrons. The zero-order valence-electron chi connectivity index (χ0n) is 10.2. The first-order chi connectivity index (χ1) is 8.49. The first kappa shape index (κ1) is 12.7. The monoisotopic (exact) mass is 252 g/mol. The molecular weight excluding hydrogens is 238 g/mol. The summed E-state index contributed by atoms with van der Waals surface area (Å²) in [6.07, 6.45) is -1.10. The molecule has 0 aliphatic heterocycles. The minimum Gasteiger partial charge on any atom is -0.386 e. The normalized spacial score (nSPS) is 12.7. The van der Waals surface area contributed by atoms with Crippen molar-refractivity contribution < 1.29 is 13.9 Å². The van der Waals surface area contributed by atoms with Crippen LogP contribution >= 0.6 is 0 Å². The van der Waals surface area contributed by atoms with Crippen LogP contribution in [0.3, 0.4) is 0 Å². The van der Waals surface area contributed by atoms with Crippen molar-refractivity contribution in [2.24, 2.45) is 7.05 Å². The van der Waals surface area contributed by atoms with Crippen molar-refractivity contribution in [3.63, 3.8) is 0 Å². The van der Waals surface area contributed by atoms with Crippen LogP contribution in [0.1, 0.15) is 23.1 Å². The minimum absolute atomic E-state index is 0.108. The van der Waals surface area contributed by atoms with Gasteiger partial charge in [0.2, 0.25) is 0 Å². The number of aromatic nitrogens is 2. The highest BCUT2D eigenvalue weighted by atomic mass is 19.1. The van der Waals surface area contributed by atoms with E-state index in [1.165, 1.54) is 22.9 Å². The van der Waals surface area contributed by atoms with Gasteiger partial charge in [-0.05, 0) is 25.1 Å². The van der Waals surface area contributed by atoms with E-state index in [0.29, 0.717) is 5.69 Å². The molecule has 5 heteroatoms. The molecule has 1 aromatic carbocycles. The third kappa shape index (κ3) is 2.41. The smallest absolute Gasteiger partial charge is 0.129 e. The van der Waals surface area contributed by atoms with Gasteiger partial charge in [-0.15, -0.1) is 0 Å². The average Bonchev–Trinajstić information content (AvgIpc) is 2.63. The van der Waals surface area contributed by atoms with Crippen LogP contribution in [0.5, 0.6) is 0 Å². The molecule has 18 heavy (non-hydrogen) atoms. The van der Waals surface area contributed by atoms with Gasteiger partial charge in [0.25, 0.3) is 0 Å². The lowest BCUT2D eigenvalue weighted by atomic mass is 10.0. The summed E-state index contributed by atoms with van der Waals surface area (Å²) >= 11 is 0. The molecule has 0 aliphatic rings. The molecule has 1 aromatic heterocycles. The van der Waals surface area contributed by atoms with Gasteiger partial charge < -0.3 is 5.11 Å². The van der Waals surface area contributed by atoms with Gasteiger partial charge in [-0.25, -0.2) is 8.78 Å². The number of nitrogens with zero attached hydrogens (tertiary/aromatic N) is 2. The Balaban J connectivity index is 2.26. The van der Waals surface area contributed by atoms with E-state index in [4.69, 9.17) is 0 Å². The predicted molar refractivity (Wildman–Crippen MR) is 63.0 cm³/mol. The molecule has 0 aliphatic carbocycles. The maximum Gasteiger partial charge on any atom is 0.129 e. The van der Waals surface area contributed by atoms with E-state index < -0.39 is 17.7 Å². The summed E-state index contributed by atoms with van der Waals surface area (Å²) in [4.78, 5) is 0. The highest BCUT2D eigenvalue weighted by Gasteiger charge is 2.18. The summed E-state index contributed by atoms with van der Waals surface area (Å²) in [7, 11) is 1.68. The van der Waals surface area contributed by atoms with Gasteiger partial charge in [-0.1, -0.05) is 6.07 Å². The fourth-order valence-corrected chi connectivity index (χ4v) is 1.97. The second-order valence-electron chi connectivity index (χ2n) is 4.25. The standard InChI is InChI=1S/C13H14F2N2O/c1-8-6-12(17(2)16-8)13(18)7-9-10(14)4-3-5-11(9)15/h3-6,13,18H,7H2,1-2H3. The largest absolute Gasteiger partial charge is 0.386 e. The van der Waals surface area contributed by atoms with Crippen LogP contribution in [0.25, 0.3) is 0 Å². The Morgan fingerprint density at radius 2 is 1.94 bits per heavy atom. The van der Waals surface area contributed by atoms with Crippen LogP contribution in [0.4, 0.5) is 8.78 Å². The zero-order valence-corrected chi connectivity index (χ0v) is 10.2. The third-order valence-corrected chi connectivity index (χ3v) is 2.84. The van der Waals surface area contributed by atoms with E-state index in [2.05, 4.69) is 5.10 Å². The van der Waals surface area contributed by atoms with Crippen molar-refractivity contribution in [1.82, 2.24) is 9.78 Å². The highest BCUT2D eigenvalue weighted by molar-refractivity contribution is 5.22. The average molecular weight is 252 g/mol. The highest BCUT2D eigenvalue weighted by Crippen LogP contribution is 2.22. The molecule has 1 unspecified atom stereocenters. The molecule has 0 amide bonds. The van der Waals surface area contributed by atoms with E-state index in [1.54, 1.807) is 20.0 Å². The summed E-state index contributed by atoms with van der Waals surface area (Å²) in [5.41, 5.74) is 1.18. The SMILES string of the molecule is Cc1cc(C(O)Cc2c(F)cccc2F)n(C)n1. The van der Waals surface area contributed by atoms with Crippen molar-refractivity contribution in [1.29, 1.82) is 0 Å². The summed E-state index contributed by atoms with van der Waals surface area (Å²) < 4.78 is 28.4. The van der Waals surface area contributed by atoms with Gasteiger partial charge in [-0.3, -0.25) is 4.68 Å². The van der Waals surface area contributed by atoms with Gasteiger partial charge >= 0.3 is 0 Å². The maximum absolute atomic E-state index is 13.5. The summed E-state index contributed by atoms with van der Waals surface area (Å²) in [6, 6.07) is 5.36. The number of aryl methyl sites for hydroxylation is 2. The summed E-state index contributed by atoms with van der Waals surface area (Å²) in [6.45, 7) is 1.79. The number of aliphatic hydroxyl groups is 1. The second kappa shape index (κ2) is 4.86. The van der Waals surface area contributed by atoms with Gasteiger partial charge in [-0.2, -0.15) is 5.10 Å². The molecule has 0 fully saturated rings. The van der Waals surface area contributed by atoms with Crippen LogP contribution in [0.2, 0.25) is 0 Å². The zero-order chi connectivity index (χ0) is 13.3. The molecule has 0 spiro atoms. The molecule has 0 saturated heterocycles.